The fourth-order valence-corrected chi connectivity index (χ4v) is 7.72. The van der Waals surface area contributed by atoms with Crippen LogP contribution in [0.25, 0.3) is 0 Å². The second-order valence-electron chi connectivity index (χ2n) is 19.1. The minimum atomic E-state index is -0.816. The van der Waals surface area contributed by atoms with E-state index in [4.69, 9.17) is 14.2 Å². The van der Waals surface area contributed by atoms with E-state index in [1.807, 2.05) is 0 Å². The van der Waals surface area contributed by atoms with Crippen LogP contribution in [-0.2, 0) is 28.6 Å². The minimum Gasteiger partial charge on any atom is -0.462 e. The highest BCUT2D eigenvalue weighted by Gasteiger charge is 2.19. The van der Waals surface area contributed by atoms with E-state index in [0.717, 1.165) is 122 Å². The molecule has 1 atom stereocenters. The minimum absolute atomic E-state index is 0.108. The maximum Gasteiger partial charge on any atom is 0.306 e. The van der Waals surface area contributed by atoms with E-state index in [2.05, 4.69) is 154 Å². The van der Waals surface area contributed by atoms with E-state index in [9.17, 15) is 14.4 Å². The highest BCUT2D eigenvalue weighted by molar-refractivity contribution is 5.71. The van der Waals surface area contributed by atoms with Gasteiger partial charge in [-0.3, -0.25) is 14.4 Å². The van der Waals surface area contributed by atoms with Gasteiger partial charge in [0.1, 0.15) is 13.2 Å². The largest absolute Gasteiger partial charge is 0.462 e. The Hall–Kier alpha value is -4.45. The lowest BCUT2D eigenvalue weighted by molar-refractivity contribution is -0.167. The SMILES string of the molecule is CC/C=C\C/C=C\C/C=C\C/C=C\C/C=C\CCCCCCCCCCCCCC(=O)OCC(COC(=O)CCCCCCC/C=C\CCCC)OC(=O)CCC/C=C\C/C=C\C/C=C\C/C=C\C/C=C\CC. The lowest BCUT2D eigenvalue weighted by Gasteiger charge is -2.18. The summed E-state index contributed by atoms with van der Waals surface area (Å²) < 4.78 is 16.8. The lowest BCUT2D eigenvalue weighted by atomic mass is 10.0. The molecule has 0 aromatic carbocycles. The lowest BCUT2D eigenvalue weighted by Crippen LogP contribution is -2.30. The molecule has 412 valence electrons. The van der Waals surface area contributed by atoms with Crippen molar-refractivity contribution in [2.75, 3.05) is 13.2 Å². The maximum absolute atomic E-state index is 12.8. The topological polar surface area (TPSA) is 78.9 Å². The first-order valence-corrected chi connectivity index (χ1v) is 29.7. The first-order chi connectivity index (χ1) is 36.0. The third-order valence-corrected chi connectivity index (χ3v) is 12.1. The van der Waals surface area contributed by atoms with Gasteiger partial charge >= 0.3 is 17.9 Å². The van der Waals surface area contributed by atoms with E-state index >= 15 is 0 Å². The molecule has 0 aliphatic rings. The molecule has 0 spiro atoms. The maximum atomic E-state index is 12.8. The Labute approximate surface area is 449 Å². The van der Waals surface area contributed by atoms with Gasteiger partial charge in [-0.25, -0.2) is 0 Å². The number of hydrogen-bond acceptors (Lipinski definition) is 6. The third kappa shape index (κ3) is 58.3. The molecule has 73 heavy (non-hydrogen) atoms. The van der Waals surface area contributed by atoms with Gasteiger partial charge in [-0.15, -0.1) is 0 Å². The van der Waals surface area contributed by atoms with Crippen molar-refractivity contribution in [3.8, 4) is 0 Å². The first kappa shape index (κ1) is 68.6. The summed E-state index contributed by atoms with van der Waals surface area (Å²) in [6.07, 6.45) is 84.6. The summed E-state index contributed by atoms with van der Waals surface area (Å²) in [6, 6.07) is 0. The molecule has 0 saturated carbocycles. The third-order valence-electron chi connectivity index (χ3n) is 12.1. The Morgan fingerprint density at radius 3 is 0.890 bits per heavy atom. The standard InChI is InChI=1S/C67H108O6/c1-4-7-10-13-16-19-22-24-26-28-29-30-31-32-33-34-35-36-37-39-40-42-45-48-51-54-57-60-66(69)72-63-64(62-71-65(68)59-56-53-50-47-44-21-18-15-12-9-6-3)73-67(70)61-58-55-52-49-46-43-41-38-27-25-23-20-17-14-11-8-5-2/h7-8,10-11,15-20,24-27,29-30,32-33,41,43,49,52,64H,4-6,9,12-14,21-23,28,31,34-40,42,44-48,50-51,53-63H2,1-3H3/b10-7-,11-8-,18-15-,19-16-,20-17-,26-24-,27-25-,30-29-,33-32-,43-41-,52-49-. The molecule has 0 aliphatic carbocycles. The molecule has 0 saturated heterocycles. The van der Waals surface area contributed by atoms with Crippen LogP contribution in [0.1, 0.15) is 252 Å². The molecular formula is C67H108O6. The van der Waals surface area contributed by atoms with Gasteiger partial charge in [0.2, 0.25) is 0 Å². The normalized spacial score (nSPS) is 13.1. The van der Waals surface area contributed by atoms with Crippen molar-refractivity contribution in [3.05, 3.63) is 134 Å². The summed E-state index contributed by atoms with van der Waals surface area (Å²) in [5.41, 5.74) is 0. The van der Waals surface area contributed by atoms with Gasteiger partial charge in [-0.2, -0.15) is 0 Å². The Bertz CT molecular complexity index is 1580. The van der Waals surface area contributed by atoms with Gasteiger partial charge in [-0.1, -0.05) is 244 Å². The quantitative estimate of drug-likeness (QED) is 0.0261. The molecule has 0 heterocycles. The zero-order valence-electron chi connectivity index (χ0n) is 47.1. The number of unbranched alkanes of at least 4 members (excludes halogenated alkanes) is 19. The average Bonchev–Trinajstić information content (AvgIpc) is 3.39. The molecular weight excluding hydrogens is 901 g/mol. The number of esters is 3. The molecule has 0 rings (SSSR count). The van der Waals surface area contributed by atoms with Gasteiger partial charge in [0, 0.05) is 19.3 Å². The van der Waals surface area contributed by atoms with Crippen LogP contribution in [0.4, 0.5) is 0 Å². The summed E-state index contributed by atoms with van der Waals surface area (Å²) in [6.45, 7) is 6.31. The average molecular weight is 1010 g/mol. The van der Waals surface area contributed by atoms with Crippen LogP contribution < -0.4 is 0 Å². The fourth-order valence-electron chi connectivity index (χ4n) is 7.72. The van der Waals surface area contributed by atoms with E-state index in [0.29, 0.717) is 19.3 Å². The molecule has 0 amide bonds. The molecule has 0 aromatic rings. The molecule has 0 N–H and O–H groups in total. The van der Waals surface area contributed by atoms with Gasteiger partial charge in [0.15, 0.2) is 6.10 Å². The van der Waals surface area contributed by atoms with E-state index < -0.39 is 6.10 Å². The Kier molecular flexibility index (Phi) is 56.4. The number of ether oxygens (including phenoxy) is 3. The second-order valence-corrected chi connectivity index (χ2v) is 19.1. The molecule has 0 bridgehead atoms. The Balaban J connectivity index is 4.35. The number of rotatable bonds is 52. The molecule has 0 fully saturated rings. The highest BCUT2D eigenvalue weighted by Crippen LogP contribution is 2.14. The molecule has 6 nitrogen and oxygen atoms in total. The predicted molar refractivity (Wildman–Crippen MR) is 316 cm³/mol. The Morgan fingerprint density at radius 2 is 0.548 bits per heavy atom. The smallest absolute Gasteiger partial charge is 0.306 e. The molecule has 6 heteroatoms. The van der Waals surface area contributed by atoms with Crippen molar-refractivity contribution in [1.82, 2.24) is 0 Å². The molecule has 1 unspecified atom stereocenters. The zero-order valence-corrected chi connectivity index (χ0v) is 47.1. The van der Waals surface area contributed by atoms with Crippen molar-refractivity contribution in [2.24, 2.45) is 0 Å². The zero-order chi connectivity index (χ0) is 52.9. The van der Waals surface area contributed by atoms with Crippen LogP contribution in [0.5, 0.6) is 0 Å². The predicted octanol–water partition coefficient (Wildman–Crippen LogP) is 20.2. The summed E-state index contributed by atoms with van der Waals surface area (Å²) >= 11 is 0. The van der Waals surface area contributed by atoms with Crippen molar-refractivity contribution >= 4 is 17.9 Å². The second kappa shape index (κ2) is 60.1. The van der Waals surface area contributed by atoms with Crippen molar-refractivity contribution in [3.63, 3.8) is 0 Å². The van der Waals surface area contributed by atoms with Crippen molar-refractivity contribution in [2.45, 2.75) is 258 Å². The van der Waals surface area contributed by atoms with Crippen molar-refractivity contribution in [1.29, 1.82) is 0 Å². The van der Waals surface area contributed by atoms with Gasteiger partial charge in [0.05, 0.1) is 0 Å². The molecule has 0 radical (unpaired) electrons. The summed E-state index contributed by atoms with van der Waals surface area (Å²) in [7, 11) is 0. The van der Waals surface area contributed by atoms with Crippen LogP contribution in [0, 0.1) is 0 Å². The number of carbonyl (C=O) groups excluding carboxylic acids is 3. The highest BCUT2D eigenvalue weighted by atomic mass is 16.6. The van der Waals surface area contributed by atoms with Crippen LogP contribution in [-0.4, -0.2) is 37.2 Å². The van der Waals surface area contributed by atoms with E-state index in [1.165, 1.54) is 83.5 Å². The van der Waals surface area contributed by atoms with Gasteiger partial charge in [0.25, 0.3) is 0 Å². The summed E-state index contributed by atoms with van der Waals surface area (Å²) in [4.78, 5) is 38.1. The summed E-state index contributed by atoms with van der Waals surface area (Å²) in [5, 5.41) is 0. The van der Waals surface area contributed by atoms with Crippen LogP contribution in [0.3, 0.4) is 0 Å². The molecule has 0 aromatic heterocycles. The number of allylic oxidation sites excluding steroid dienone is 22. The van der Waals surface area contributed by atoms with Crippen molar-refractivity contribution < 1.29 is 28.6 Å². The number of carbonyl (C=O) groups is 3. The van der Waals surface area contributed by atoms with Gasteiger partial charge < -0.3 is 14.2 Å². The summed E-state index contributed by atoms with van der Waals surface area (Å²) in [5.74, 6) is -0.983. The van der Waals surface area contributed by atoms with Crippen LogP contribution >= 0.6 is 0 Å². The fraction of sp³-hybridized carbons (Fsp3) is 0.627. The first-order valence-electron chi connectivity index (χ1n) is 29.7. The van der Waals surface area contributed by atoms with Gasteiger partial charge in [-0.05, 0) is 122 Å². The van der Waals surface area contributed by atoms with Crippen LogP contribution in [0.15, 0.2) is 134 Å². The monoisotopic (exact) mass is 1010 g/mol. The van der Waals surface area contributed by atoms with E-state index in [-0.39, 0.29) is 37.5 Å². The Morgan fingerprint density at radius 1 is 0.288 bits per heavy atom. The van der Waals surface area contributed by atoms with Crippen LogP contribution in [0.2, 0.25) is 0 Å². The molecule has 0 aliphatic heterocycles. The number of hydrogen-bond donors (Lipinski definition) is 0. The van der Waals surface area contributed by atoms with E-state index in [1.54, 1.807) is 0 Å².